The third-order valence-electron chi connectivity index (χ3n) is 3.37. The van der Waals surface area contributed by atoms with Crippen LogP contribution in [0.1, 0.15) is 18.1 Å². The predicted molar refractivity (Wildman–Crippen MR) is 99.0 cm³/mol. The quantitative estimate of drug-likeness (QED) is 0.440. The fraction of sp³-hybridized carbons (Fsp3) is 0.188. The van der Waals surface area contributed by atoms with Gasteiger partial charge in [-0.3, -0.25) is 0 Å². The van der Waals surface area contributed by atoms with Crippen LogP contribution in [-0.2, 0) is 5.54 Å². The molecule has 1 atom stereocenters. The second-order valence-electron chi connectivity index (χ2n) is 4.93. The summed E-state index contributed by atoms with van der Waals surface area (Å²) in [5, 5.41) is 0. The first kappa shape index (κ1) is 14.3. The zero-order valence-corrected chi connectivity index (χ0v) is 15.3. The van der Waals surface area contributed by atoms with Gasteiger partial charge < -0.3 is 4.74 Å². The van der Waals surface area contributed by atoms with E-state index in [1.807, 2.05) is 18.2 Å². The standard InChI is InChI=1S/C16H13I2NO/c1-16(10-17)13-4-2-3-5-14(13)20-15(19-16)11-6-8-12(18)9-7-11/h2-9H,10H2,1H3. The molecule has 102 valence electrons. The van der Waals surface area contributed by atoms with Gasteiger partial charge in [-0.05, 0) is 59.8 Å². The maximum Gasteiger partial charge on any atom is 0.222 e. The minimum atomic E-state index is -0.228. The van der Waals surface area contributed by atoms with Gasteiger partial charge in [0.05, 0.1) is 5.54 Å². The summed E-state index contributed by atoms with van der Waals surface area (Å²) in [5.41, 5.74) is 1.95. The molecule has 0 fully saturated rings. The number of aliphatic imine (C=N–C) groups is 1. The highest BCUT2D eigenvalue weighted by Crippen LogP contribution is 2.38. The summed E-state index contributed by atoms with van der Waals surface area (Å²) in [6.07, 6.45) is 0. The molecule has 1 heterocycles. The van der Waals surface area contributed by atoms with Crippen molar-refractivity contribution in [3.05, 3.63) is 63.2 Å². The molecule has 0 aliphatic carbocycles. The maximum atomic E-state index is 6.00. The fourth-order valence-electron chi connectivity index (χ4n) is 2.23. The largest absolute Gasteiger partial charge is 0.438 e. The number of alkyl halides is 1. The van der Waals surface area contributed by atoms with Gasteiger partial charge >= 0.3 is 0 Å². The lowest BCUT2D eigenvalue weighted by molar-refractivity contribution is 0.449. The lowest BCUT2D eigenvalue weighted by atomic mass is 9.93. The van der Waals surface area contributed by atoms with Crippen LogP contribution < -0.4 is 4.74 Å². The Kier molecular flexibility index (Phi) is 4.03. The van der Waals surface area contributed by atoms with Crippen LogP contribution in [-0.4, -0.2) is 10.3 Å². The highest BCUT2D eigenvalue weighted by molar-refractivity contribution is 14.1. The Morgan fingerprint density at radius 3 is 2.50 bits per heavy atom. The Morgan fingerprint density at radius 1 is 1.10 bits per heavy atom. The molecule has 4 heteroatoms. The van der Waals surface area contributed by atoms with Gasteiger partial charge in [0.1, 0.15) is 5.75 Å². The van der Waals surface area contributed by atoms with Crippen molar-refractivity contribution < 1.29 is 4.74 Å². The van der Waals surface area contributed by atoms with Crippen molar-refractivity contribution in [1.82, 2.24) is 0 Å². The van der Waals surface area contributed by atoms with Crippen LogP contribution in [0.15, 0.2) is 53.5 Å². The number of rotatable bonds is 2. The van der Waals surface area contributed by atoms with E-state index in [1.165, 1.54) is 3.57 Å². The molecule has 3 rings (SSSR count). The van der Waals surface area contributed by atoms with Crippen molar-refractivity contribution in [3.63, 3.8) is 0 Å². The van der Waals surface area contributed by atoms with Gasteiger partial charge in [-0.15, -0.1) is 0 Å². The van der Waals surface area contributed by atoms with Crippen molar-refractivity contribution >= 4 is 51.1 Å². The Morgan fingerprint density at radius 2 is 1.80 bits per heavy atom. The summed E-state index contributed by atoms with van der Waals surface area (Å²) >= 11 is 4.69. The summed E-state index contributed by atoms with van der Waals surface area (Å²) in [6.45, 7) is 2.16. The summed E-state index contributed by atoms with van der Waals surface area (Å²) in [4.78, 5) is 4.86. The number of para-hydroxylation sites is 1. The monoisotopic (exact) mass is 489 g/mol. The zero-order chi connectivity index (χ0) is 14.2. The van der Waals surface area contributed by atoms with Crippen molar-refractivity contribution in [2.45, 2.75) is 12.5 Å². The minimum absolute atomic E-state index is 0.228. The van der Waals surface area contributed by atoms with Crippen molar-refractivity contribution in [2.75, 3.05) is 4.43 Å². The third kappa shape index (κ3) is 2.59. The Hall–Kier alpha value is -0.630. The average molecular weight is 489 g/mol. The van der Waals surface area contributed by atoms with Crippen molar-refractivity contribution in [1.29, 1.82) is 0 Å². The molecular formula is C16H13I2NO. The summed E-state index contributed by atoms with van der Waals surface area (Å²) in [6, 6.07) is 16.4. The number of fused-ring (bicyclic) bond motifs is 1. The SMILES string of the molecule is CC1(CI)N=C(c2ccc(I)cc2)Oc2ccccc21. The van der Waals surface area contributed by atoms with Gasteiger partial charge in [0.15, 0.2) is 0 Å². The van der Waals surface area contributed by atoms with Crippen molar-refractivity contribution in [3.8, 4) is 5.75 Å². The molecule has 0 spiro atoms. The third-order valence-corrected chi connectivity index (χ3v) is 5.58. The molecule has 1 aliphatic heterocycles. The highest BCUT2D eigenvalue weighted by Gasteiger charge is 2.33. The molecule has 0 amide bonds. The van der Waals surface area contributed by atoms with Gasteiger partial charge in [-0.2, -0.15) is 0 Å². The van der Waals surface area contributed by atoms with Gasteiger partial charge in [0.25, 0.3) is 0 Å². The first-order valence-electron chi connectivity index (χ1n) is 6.31. The Bertz CT molecular complexity index is 666. The molecule has 20 heavy (non-hydrogen) atoms. The zero-order valence-electron chi connectivity index (χ0n) is 10.9. The van der Waals surface area contributed by atoms with Crippen LogP contribution in [0.4, 0.5) is 0 Å². The number of nitrogens with zero attached hydrogens (tertiary/aromatic N) is 1. The second-order valence-corrected chi connectivity index (χ2v) is 6.94. The molecule has 0 saturated heterocycles. The molecule has 2 nitrogen and oxygen atoms in total. The number of hydrogen-bond donors (Lipinski definition) is 0. The molecular weight excluding hydrogens is 476 g/mol. The molecule has 2 aromatic rings. The predicted octanol–water partition coefficient (Wildman–Crippen LogP) is 4.78. The van der Waals surface area contributed by atoms with Crippen LogP contribution in [0.2, 0.25) is 0 Å². The van der Waals surface area contributed by atoms with Crippen LogP contribution in [0.3, 0.4) is 0 Å². The number of ether oxygens (including phenoxy) is 1. The molecule has 0 saturated carbocycles. The van der Waals surface area contributed by atoms with Crippen LogP contribution >= 0.6 is 45.2 Å². The fourth-order valence-corrected chi connectivity index (χ4v) is 3.17. The number of hydrogen-bond acceptors (Lipinski definition) is 2. The number of benzene rings is 2. The highest BCUT2D eigenvalue weighted by atomic mass is 127. The van der Waals surface area contributed by atoms with Crippen LogP contribution in [0, 0.1) is 3.57 Å². The summed E-state index contributed by atoms with van der Waals surface area (Å²) < 4.78 is 8.12. The van der Waals surface area contributed by atoms with E-state index in [9.17, 15) is 0 Å². The molecule has 2 aromatic carbocycles. The normalized spacial score (nSPS) is 20.9. The van der Waals surface area contributed by atoms with E-state index in [4.69, 9.17) is 9.73 Å². The molecule has 1 aliphatic rings. The smallest absolute Gasteiger partial charge is 0.222 e. The van der Waals surface area contributed by atoms with E-state index in [1.54, 1.807) is 0 Å². The van der Waals surface area contributed by atoms with Gasteiger partial charge in [0, 0.05) is 19.1 Å². The molecule has 1 unspecified atom stereocenters. The van der Waals surface area contributed by atoms with Crippen LogP contribution in [0.25, 0.3) is 0 Å². The van der Waals surface area contributed by atoms with E-state index >= 15 is 0 Å². The van der Waals surface area contributed by atoms with Gasteiger partial charge in [-0.1, -0.05) is 40.8 Å². The van der Waals surface area contributed by atoms with E-state index in [2.05, 4.69) is 82.4 Å². The number of halogens is 2. The summed E-state index contributed by atoms with van der Waals surface area (Å²) in [7, 11) is 0. The molecule has 0 bridgehead atoms. The first-order valence-corrected chi connectivity index (χ1v) is 8.92. The lowest BCUT2D eigenvalue weighted by Crippen LogP contribution is -2.31. The van der Waals surface area contributed by atoms with E-state index in [-0.39, 0.29) is 5.54 Å². The maximum absolute atomic E-state index is 6.00. The van der Waals surface area contributed by atoms with E-state index in [0.29, 0.717) is 5.90 Å². The van der Waals surface area contributed by atoms with E-state index < -0.39 is 0 Å². The first-order chi connectivity index (χ1) is 9.62. The lowest BCUT2D eigenvalue weighted by Gasteiger charge is -2.31. The Labute approximate surface area is 145 Å². The van der Waals surface area contributed by atoms with Crippen molar-refractivity contribution in [2.24, 2.45) is 4.99 Å². The topological polar surface area (TPSA) is 21.6 Å². The van der Waals surface area contributed by atoms with Crippen LogP contribution in [0.5, 0.6) is 5.75 Å². The molecule has 0 radical (unpaired) electrons. The minimum Gasteiger partial charge on any atom is -0.438 e. The van der Waals surface area contributed by atoms with E-state index in [0.717, 1.165) is 21.3 Å². The molecule has 0 N–H and O–H groups in total. The molecule has 0 aromatic heterocycles. The summed E-state index contributed by atoms with van der Waals surface area (Å²) in [5.74, 6) is 1.62. The van der Waals surface area contributed by atoms with Gasteiger partial charge in [0.2, 0.25) is 5.90 Å². The Balaban J connectivity index is 2.09. The van der Waals surface area contributed by atoms with Gasteiger partial charge in [-0.25, -0.2) is 4.99 Å². The second kappa shape index (κ2) is 5.63. The average Bonchev–Trinajstić information content (AvgIpc) is 2.48.